The standard InChI is InChI=1S/C13H23N3O3/c1-6-19-12(17)10-9(7-8-18-5)11(14)16(15-10)13(2,3)4/h6-8,14H2,1-5H3. The van der Waals surface area contributed by atoms with Crippen molar-refractivity contribution in [1.82, 2.24) is 9.78 Å². The van der Waals surface area contributed by atoms with Crippen LogP contribution in [0.5, 0.6) is 0 Å². The van der Waals surface area contributed by atoms with E-state index in [-0.39, 0.29) is 11.2 Å². The van der Waals surface area contributed by atoms with Crippen molar-refractivity contribution in [2.75, 3.05) is 26.1 Å². The Morgan fingerprint density at radius 3 is 2.53 bits per heavy atom. The molecule has 1 rings (SSSR count). The van der Waals surface area contributed by atoms with Gasteiger partial charge in [0.1, 0.15) is 5.82 Å². The summed E-state index contributed by atoms with van der Waals surface area (Å²) in [6, 6.07) is 0. The van der Waals surface area contributed by atoms with Crippen LogP contribution in [0.3, 0.4) is 0 Å². The topological polar surface area (TPSA) is 79.4 Å². The van der Waals surface area contributed by atoms with Gasteiger partial charge in [-0.05, 0) is 27.7 Å². The van der Waals surface area contributed by atoms with Crippen molar-refractivity contribution in [3.63, 3.8) is 0 Å². The average molecular weight is 269 g/mol. The number of anilines is 1. The number of nitrogen functional groups attached to an aromatic ring is 1. The third-order valence-corrected chi connectivity index (χ3v) is 2.68. The summed E-state index contributed by atoms with van der Waals surface area (Å²) in [6.45, 7) is 8.48. The molecule has 0 saturated carbocycles. The quantitative estimate of drug-likeness (QED) is 0.821. The van der Waals surface area contributed by atoms with Crippen molar-refractivity contribution in [1.29, 1.82) is 0 Å². The summed E-state index contributed by atoms with van der Waals surface area (Å²) in [5.74, 6) is 0.0518. The normalized spacial score (nSPS) is 11.6. The van der Waals surface area contributed by atoms with Gasteiger partial charge in [0.2, 0.25) is 0 Å². The highest BCUT2D eigenvalue weighted by molar-refractivity contribution is 5.90. The predicted molar refractivity (Wildman–Crippen MR) is 73.2 cm³/mol. The molecule has 1 aromatic rings. The Kier molecular flexibility index (Phi) is 4.94. The Labute approximate surface area is 113 Å². The summed E-state index contributed by atoms with van der Waals surface area (Å²) in [5, 5.41) is 4.31. The van der Waals surface area contributed by atoms with E-state index in [0.29, 0.717) is 31.0 Å². The fourth-order valence-electron chi connectivity index (χ4n) is 1.79. The molecule has 108 valence electrons. The molecule has 1 aromatic heterocycles. The molecule has 0 aliphatic rings. The van der Waals surface area contributed by atoms with Gasteiger partial charge in [-0.3, -0.25) is 0 Å². The van der Waals surface area contributed by atoms with E-state index in [0.717, 1.165) is 0 Å². The number of hydrogen-bond donors (Lipinski definition) is 1. The van der Waals surface area contributed by atoms with Crippen molar-refractivity contribution >= 4 is 11.8 Å². The Bertz CT molecular complexity index is 447. The van der Waals surface area contributed by atoms with Crippen LogP contribution in [0.15, 0.2) is 0 Å². The van der Waals surface area contributed by atoms with Crippen LogP contribution in [0.1, 0.15) is 43.7 Å². The summed E-state index contributed by atoms with van der Waals surface area (Å²) in [6.07, 6.45) is 0.534. The van der Waals surface area contributed by atoms with Gasteiger partial charge in [-0.2, -0.15) is 5.10 Å². The van der Waals surface area contributed by atoms with Gasteiger partial charge in [0, 0.05) is 19.1 Å². The Morgan fingerprint density at radius 2 is 2.05 bits per heavy atom. The first-order valence-electron chi connectivity index (χ1n) is 6.36. The van der Waals surface area contributed by atoms with Crippen LogP contribution in [0.4, 0.5) is 5.82 Å². The zero-order valence-electron chi connectivity index (χ0n) is 12.3. The maximum absolute atomic E-state index is 11.9. The number of nitrogens with two attached hydrogens (primary N) is 1. The monoisotopic (exact) mass is 269 g/mol. The minimum absolute atomic E-state index is 0.284. The number of methoxy groups -OCH3 is 1. The van der Waals surface area contributed by atoms with Crippen molar-refractivity contribution in [3.8, 4) is 0 Å². The highest BCUT2D eigenvalue weighted by Crippen LogP contribution is 2.25. The summed E-state index contributed by atoms with van der Waals surface area (Å²) in [4.78, 5) is 11.9. The first-order chi connectivity index (χ1) is 8.82. The molecular weight excluding hydrogens is 246 g/mol. The van der Waals surface area contributed by atoms with Gasteiger partial charge in [0.05, 0.1) is 18.8 Å². The largest absolute Gasteiger partial charge is 0.461 e. The van der Waals surface area contributed by atoms with Gasteiger partial charge >= 0.3 is 5.97 Å². The van der Waals surface area contributed by atoms with E-state index in [1.807, 2.05) is 20.8 Å². The molecule has 0 spiro atoms. The van der Waals surface area contributed by atoms with E-state index in [4.69, 9.17) is 15.2 Å². The molecule has 6 heteroatoms. The second-order valence-corrected chi connectivity index (χ2v) is 5.26. The van der Waals surface area contributed by atoms with E-state index in [2.05, 4.69) is 5.10 Å². The van der Waals surface area contributed by atoms with Crippen molar-refractivity contribution in [2.24, 2.45) is 0 Å². The lowest BCUT2D eigenvalue weighted by Crippen LogP contribution is -2.25. The van der Waals surface area contributed by atoms with Crippen LogP contribution in [0, 0.1) is 0 Å². The summed E-state index contributed by atoms with van der Waals surface area (Å²) >= 11 is 0. The average Bonchev–Trinajstić information content (AvgIpc) is 2.64. The molecule has 2 N–H and O–H groups in total. The van der Waals surface area contributed by atoms with Crippen LogP contribution in [0.2, 0.25) is 0 Å². The van der Waals surface area contributed by atoms with Gasteiger partial charge in [-0.1, -0.05) is 0 Å². The number of rotatable bonds is 5. The zero-order valence-corrected chi connectivity index (χ0v) is 12.3. The van der Waals surface area contributed by atoms with E-state index >= 15 is 0 Å². The molecule has 1 heterocycles. The smallest absolute Gasteiger partial charge is 0.359 e. The molecule has 0 bridgehead atoms. The number of esters is 1. The molecule has 0 aliphatic carbocycles. The summed E-state index contributed by atoms with van der Waals surface area (Å²) in [7, 11) is 1.61. The van der Waals surface area contributed by atoms with Gasteiger partial charge in [-0.15, -0.1) is 0 Å². The molecule has 0 atom stereocenters. The van der Waals surface area contributed by atoms with Gasteiger partial charge in [0.25, 0.3) is 0 Å². The lowest BCUT2D eigenvalue weighted by atomic mass is 10.1. The number of hydrogen-bond acceptors (Lipinski definition) is 5. The Balaban J connectivity index is 3.23. The maximum atomic E-state index is 11.9. The summed E-state index contributed by atoms with van der Waals surface area (Å²) in [5.41, 5.74) is 6.78. The Morgan fingerprint density at radius 1 is 1.42 bits per heavy atom. The maximum Gasteiger partial charge on any atom is 0.359 e. The predicted octanol–water partition coefficient (Wildman–Crippen LogP) is 1.59. The van der Waals surface area contributed by atoms with Gasteiger partial charge in [-0.25, -0.2) is 9.48 Å². The number of ether oxygens (including phenoxy) is 2. The fraction of sp³-hybridized carbons (Fsp3) is 0.692. The van der Waals surface area contributed by atoms with Crippen LogP contribution < -0.4 is 5.73 Å². The van der Waals surface area contributed by atoms with E-state index in [1.165, 1.54) is 0 Å². The van der Waals surface area contributed by atoms with E-state index in [1.54, 1.807) is 18.7 Å². The first-order valence-corrected chi connectivity index (χ1v) is 6.36. The molecule has 0 aromatic carbocycles. The second kappa shape index (κ2) is 6.06. The van der Waals surface area contributed by atoms with Crippen LogP contribution in [-0.4, -0.2) is 36.1 Å². The number of carbonyl (C=O) groups excluding carboxylic acids is 1. The molecule has 6 nitrogen and oxygen atoms in total. The molecule has 0 saturated heterocycles. The van der Waals surface area contributed by atoms with E-state index in [9.17, 15) is 4.79 Å². The SMILES string of the molecule is CCOC(=O)c1nn(C(C)(C)C)c(N)c1CCOC. The van der Waals surface area contributed by atoms with Crippen LogP contribution >= 0.6 is 0 Å². The first kappa shape index (κ1) is 15.5. The lowest BCUT2D eigenvalue weighted by molar-refractivity contribution is 0.0516. The van der Waals surface area contributed by atoms with Crippen molar-refractivity contribution in [3.05, 3.63) is 11.3 Å². The van der Waals surface area contributed by atoms with Crippen LogP contribution in [0.25, 0.3) is 0 Å². The number of nitrogens with zero attached hydrogens (tertiary/aromatic N) is 2. The van der Waals surface area contributed by atoms with Crippen molar-refractivity contribution < 1.29 is 14.3 Å². The molecule has 19 heavy (non-hydrogen) atoms. The highest BCUT2D eigenvalue weighted by atomic mass is 16.5. The zero-order chi connectivity index (χ0) is 14.6. The Hall–Kier alpha value is -1.56. The second-order valence-electron chi connectivity index (χ2n) is 5.26. The minimum atomic E-state index is -0.441. The molecule has 0 aliphatic heterocycles. The van der Waals surface area contributed by atoms with E-state index < -0.39 is 5.97 Å². The third-order valence-electron chi connectivity index (χ3n) is 2.68. The van der Waals surface area contributed by atoms with Crippen LogP contribution in [-0.2, 0) is 21.4 Å². The lowest BCUT2D eigenvalue weighted by Gasteiger charge is -2.20. The summed E-state index contributed by atoms with van der Waals surface area (Å²) < 4.78 is 11.7. The van der Waals surface area contributed by atoms with Gasteiger partial charge in [0.15, 0.2) is 5.69 Å². The molecule has 0 amide bonds. The molecule has 0 unspecified atom stereocenters. The molecule has 0 radical (unpaired) electrons. The fourth-order valence-corrected chi connectivity index (χ4v) is 1.79. The number of aromatic nitrogens is 2. The third kappa shape index (κ3) is 3.47. The molecular formula is C13H23N3O3. The van der Waals surface area contributed by atoms with Gasteiger partial charge < -0.3 is 15.2 Å². The number of carbonyl (C=O) groups is 1. The minimum Gasteiger partial charge on any atom is -0.461 e. The molecule has 0 fully saturated rings. The van der Waals surface area contributed by atoms with Crippen molar-refractivity contribution in [2.45, 2.75) is 39.7 Å². The highest BCUT2D eigenvalue weighted by Gasteiger charge is 2.27.